The first-order valence-electron chi connectivity index (χ1n) is 8.42. The van der Waals surface area contributed by atoms with Gasteiger partial charge in [-0.2, -0.15) is 0 Å². The van der Waals surface area contributed by atoms with Crippen molar-refractivity contribution in [2.45, 2.75) is 51.7 Å². The standard InChI is InChI=1S/C18H27NO3S/c1-15-8-9-16(2)17(12-15)13-23(21,22)14-18(20)19-10-6-4-3-5-7-11-19/h8-9,12H,3-7,10-11,13-14H2,1-2H3. The quantitative estimate of drug-likeness (QED) is 0.848. The Morgan fingerprint density at radius 3 is 2.30 bits per heavy atom. The molecule has 0 spiro atoms. The number of carbonyl (C=O) groups excluding carboxylic acids is 1. The van der Waals surface area contributed by atoms with Crippen LogP contribution in [0.4, 0.5) is 0 Å². The molecule has 1 aromatic carbocycles. The van der Waals surface area contributed by atoms with Gasteiger partial charge in [-0.3, -0.25) is 4.79 Å². The predicted molar refractivity (Wildman–Crippen MR) is 93.1 cm³/mol. The van der Waals surface area contributed by atoms with E-state index in [1.54, 1.807) is 4.90 Å². The zero-order valence-electron chi connectivity index (χ0n) is 14.2. The Balaban J connectivity index is 2.01. The normalized spacial score (nSPS) is 16.7. The number of carbonyl (C=O) groups is 1. The molecule has 0 atom stereocenters. The smallest absolute Gasteiger partial charge is 0.237 e. The van der Waals surface area contributed by atoms with E-state index in [2.05, 4.69) is 0 Å². The SMILES string of the molecule is Cc1ccc(C)c(CS(=O)(=O)CC(=O)N2CCCCCCC2)c1. The van der Waals surface area contributed by atoms with Crippen LogP contribution in [0.2, 0.25) is 0 Å². The van der Waals surface area contributed by atoms with Gasteiger partial charge in [-0.1, -0.05) is 43.0 Å². The van der Waals surface area contributed by atoms with Crippen molar-refractivity contribution in [3.05, 3.63) is 34.9 Å². The van der Waals surface area contributed by atoms with Crippen LogP contribution in [0.15, 0.2) is 18.2 Å². The molecule has 1 aliphatic heterocycles. The average Bonchev–Trinajstić information content (AvgIpc) is 2.41. The number of hydrogen-bond donors (Lipinski definition) is 0. The zero-order chi connectivity index (χ0) is 16.9. The molecule has 23 heavy (non-hydrogen) atoms. The molecule has 1 heterocycles. The predicted octanol–water partition coefficient (Wildman–Crippen LogP) is 3.01. The molecule has 1 aromatic rings. The molecule has 0 saturated carbocycles. The number of likely N-dealkylation sites (tertiary alicyclic amines) is 1. The van der Waals surface area contributed by atoms with Crippen LogP contribution in [-0.2, 0) is 20.4 Å². The van der Waals surface area contributed by atoms with Gasteiger partial charge in [-0.05, 0) is 37.8 Å². The number of benzene rings is 1. The molecule has 0 unspecified atom stereocenters. The summed E-state index contributed by atoms with van der Waals surface area (Å²) in [7, 11) is -3.43. The Kier molecular flexibility index (Phi) is 6.22. The van der Waals surface area contributed by atoms with Crippen molar-refractivity contribution in [3.63, 3.8) is 0 Å². The number of hydrogen-bond acceptors (Lipinski definition) is 3. The Morgan fingerprint density at radius 2 is 1.65 bits per heavy atom. The summed E-state index contributed by atoms with van der Waals surface area (Å²) >= 11 is 0. The van der Waals surface area contributed by atoms with Crippen molar-refractivity contribution < 1.29 is 13.2 Å². The summed E-state index contributed by atoms with van der Waals surface area (Å²) in [6.07, 6.45) is 5.41. The van der Waals surface area contributed by atoms with E-state index in [0.717, 1.165) is 42.4 Å². The molecule has 4 nitrogen and oxygen atoms in total. The lowest BCUT2D eigenvalue weighted by Gasteiger charge is -2.24. The van der Waals surface area contributed by atoms with Gasteiger partial charge in [0.1, 0.15) is 5.75 Å². The maximum atomic E-state index is 12.4. The van der Waals surface area contributed by atoms with E-state index in [4.69, 9.17) is 0 Å². The van der Waals surface area contributed by atoms with E-state index in [-0.39, 0.29) is 17.4 Å². The number of rotatable bonds is 4. The summed E-state index contributed by atoms with van der Waals surface area (Å²) < 4.78 is 24.8. The lowest BCUT2D eigenvalue weighted by atomic mass is 10.1. The van der Waals surface area contributed by atoms with E-state index in [1.807, 2.05) is 32.0 Å². The Hall–Kier alpha value is -1.36. The van der Waals surface area contributed by atoms with Crippen LogP contribution in [0.1, 0.15) is 48.8 Å². The van der Waals surface area contributed by atoms with Crippen LogP contribution >= 0.6 is 0 Å². The fourth-order valence-electron chi connectivity index (χ4n) is 3.02. The lowest BCUT2D eigenvalue weighted by molar-refractivity contribution is -0.128. The molecule has 128 valence electrons. The van der Waals surface area contributed by atoms with Gasteiger partial charge in [-0.25, -0.2) is 8.42 Å². The van der Waals surface area contributed by atoms with Gasteiger partial charge in [0.15, 0.2) is 9.84 Å². The molecule has 2 rings (SSSR count). The average molecular weight is 337 g/mol. The fraction of sp³-hybridized carbons (Fsp3) is 0.611. The van der Waals surface area contributed by atoms with E-state index >= 15 is 0 Å². The maximum Gasteiger partial charge on any atom is 0.237 e. The van der Waals surface area contributed by atoms with Crippen molar-refractivity contribution in [3.8, 4) is 0 Å². The summed E-state index contributed by atoms with van der Waals surface area (Å²) in [5.41, 5.74) is 2.79. The molecule has 1 fully saturated rings. The Bertz CT molecular complexity index is 644. The number of nitrogens with zero attached hydrogens (tertiary/aromatic N) is 1. The van der Waals surface area contributed by atoms with Crippen molar-refractivity contribution in [2.24, 2.45) is 0 Å². The third-order valence-electron chi connectivity index (χ3n) is 4.43. The van der Waals surface area contributed by atoms with E-state index in [0.29, 0.717) is 13.1 Å². The molecule has 1 saturated heterocycles. The van der Waals surface area contributed by atoms with Crippen LogP contribution < -0.4 is 0 Å². The minimum Gasteiger partial charge on any atom is -0.342 e. The van der Waals surface area contributed by atoms with E-state index in [1.165, 1.54) is 6.42 Å². The largest absolute Gasteiger partial charge is 0.342 e. The molecular weight excluding hydrogens is 310 g/mol. The summed E-state index contributed by atoms with van der Waals surface area (Å²) in [5, 5.41) is 0. The zero-order valence-corrected chi connectivity index (χ0v) is 15.0. The van der Waals surface area contributed by atoms with Crippen molar-refractivity contribution in [1.82, 2.24) is 4.90 Å². The molecule has 5 heteroatoms. The van der Waals surface area contributed by atoms with Crippen molar-refractivity contribution in [2.75, 3.05) is 18.8 Å². The second-order valence-corrected chi connectivity index (χ2v) is 8.68. The van der Waals surface area contributed by atoms with Crippen LogP contribution in [-0.4, -0.2) is 38.1 Å². The van der Waals surface area contributed by atoms with Gasteiger partial charge in [-0.15, -0.1) is 0 Å². The Labute approximate surface area is 139 Å². The van der Waals surface area contributed by atoms with Crippen molar-refractivity contribution in [1.29, 1.82) is 0 Å². The highest BCUT2D eigenvalue weighted by Gasteiger charge is 2.23. The molecule has 1 aliphatic rings. The van der Waals surface area contributed by atoms with Gasteiger partial charge in [0.05, 0.1) is 5.75 Å². The topological polar surface area (TPSA) is 54.5 Å². The van der Waals surface area contributed by atoms with Gasteiger partial charge >= 0.3 is 0 Å². The second-order valence-electron chi connectivity index (χ2n) is 6.61. The first kappa shape index (κ1) is 18.0. The van der Waals surface area contributed by atoms with Gasteiger partial charge in [0.2, 0.25) is 5.91 Å². The second kappa shape index (κ2) is 7.95. The van der Waals surface area contributed by atoms with Gasteiger partial charge < -0.3 is 4.90 Å². The fourth-order valence-corrected chi connectivity index (χ4v) is 4.47. The minimum absolute atomic E-state index is 0.0555. The number of sulfone groups is 1. The molecule has 0 N–H and O–H groups in total. The summed E-state index contributed by atoms with van der Waals surface area (Å²) in [4.78, 5) is 14.1. The van der Waals surface area contributed by atoms with Crippen molar-refractivity contribution >= 4 is 15.7 Å². The molecule has 0 bridgehead atoms. The monoisotopic (exact) mass is 337 g/mol. The van der Waals surface area contributed by atoms with Crippen LogP contribution in [0.25, 0.3) is 0 Å². The van der Waals surface area contributed by atoms with Crippen LogP contribution in [0.3, 0.4) is 0 Å². The minimum atomic E-state index is -3.43. The molecule has 0 aliphatic carbocycles. The number of amides is 1. The molecule has 0 radical (unpaired) electrons. The molecule has 1 amide bonds. The van der Waals surface area contributed by atoms with Crippen LogP contribution in [0, 0.1) is 13.8 Å². The van der Waals surface area contributed by atoms with Crippen LogP contribution in [0.5, 0.6) is 0 Å². The Morgan fingerprint density at radius 1 is 1.04 bits per heavy atom. The third-order valence-corrected chi connectivity index (χ3v) is 5.87. The summed E-state index contributed by atoms with van der Waals surface area (Å²) in [5.74, 6) is -0.669. The van der Waals surface area contributed by atoms with E-state index < -0.39 is 9.84 Å². The first-order chi connectivity index (χ1) is 10.9. The van der Waals surface area contributed by atoms with Gasteiger partial charge in [0, 0.05) is 13.1 Å². The lowest BCUT2D eigenvalue weighted by Crippen LogP contribution is -2.38. The summed E-state index contributed by atoms with van der Waals surface area (Å²) in [6, 6.07) is 5.80. The maximum absolute atomic E-state index is 12.4. The highest BCUT2D eigenvalue weighted by atomic mass is 32.2. The highest BCUT2D eigenvalue weighted by molar-refractivity contribution is 7.91. The first-order valence-corrected chi connectivity index (χ1v) is 10.2. The third kappa shape index (κ3) is 5.65. The van der Waals surface area contributed by atoms with E-state index in [9.17, 15) is 13.2 Å². The highest BCUT2D eigenvalue weighted by Crippen LogP contribution is 2.16. The van der Waals surface area contributed by atoms with Gasteiger partial charge in [0.25, 0.3) is 0 Å². The number of aryl methyl sites for hydroxylation is 2. The molecular formula is C18H27NO3S. The summed E-state index contributed by atoms with van der Waals surface area (Å²) in [6.45, 7) is 5.24. The molecule has 0 aromatic heterocycles.